The first-order valence-corrected chi connectivity index (χ1v) is 6.97. The van der Waals surface area contributed by atoms with Crippen molar-refractivity contribution in [2.24, 2.45) is 0 Å². The topological polar surface area (TPSA) is 75.1 Å². The van der Waals surface area contributed by atoms with Crippen LogP contribution in [0.3, 0.4) is 0 Å². The van der Waals surface area contributed by atoms with Crippen molar-refractivity contribution in [3.8, 4) is 6.07 Å². The number of furan rings is 1. The van der Waals surface area contributed by atoms with Gasteiger partial charge in [-0.25, -0.2) is 0 Å². The summed E-state index contributed by atoms with van der Waals surface area (Å²) in [6.07, 6.45) is 3.23. The van der Waals surface area contributed by atoms with E-state index in [2.05, 4.69) is 5.10 Å². The second kappa shape index (κ2) is 4.74. The molecule has 0 atom stereocenters. The van der Waals surface area contributed by atoms with Crippen LogP contribution in [0.2, 0.25) is 0 Å². The number of aromatic nitrogens is 2. The van der Waals surface area contributed by atoms with Crippen LogP contribution in [0.25, 0.3) is 11.0 Å². The molecular formula is C16H12N4O2. The van der Waals surface area contributed by atoms with Gasteiger partial charge in [0.2, 0.25) is 0 Å². The highest BCUT2D eigenvalue weighted by Gasteiger charge is 2.34. The van der Waals surface area contributed by atoms with Gasteiger partial charge >= 0.3 is 0 Å². The van der Waals surface area contributed by atoms with E-state index >= 15 is 0 Å². The summed E-state index contributed by atoms with van der Waals surface area (Å²) >= 11 is 0. The Labute approximate surface area is 126 Å². The standard InChI is InChI=1S/C16H12N4O2/c17-6-11-7-18-20(8-11)13-9-19(10-13)16(21)15-5-12-3-1-2-4-14(12)22-15/h1-5,7-8,13H,9-10H2. The van der Waals surface area contributed by atoms with Crippen molar-refractivity contribution in [1.29, 1.82) is 5.26 Å². The lowest BCUT2D eigenvalue weighted by Crippen LogP contribution is -2.50. The van der Waals surface area contributed by atoms with Crippen molar-refractivity contribution in [3.05, 3.63) is 54.0 Å². The summed E-state index contributed by atoms with van der Waals surface area (Å²) in [6.45, 7) is 1.14. The fraction of sp³-hybridized carbons (Fsp3) is 0.188. The predicted molar refractivity (Wildman–Crippen MR) is 78.1 cm³/mol. The summed E-state index contributed by atoms with van der Waals surface area (Å²) in [5, 5.41) is 13.9. The van der Waals surface area contributed by atoms with Crippen molar-refractivity contribution in [1.82, 2.24) is 14.7 Å². The lowest BCUT2D eigenvalue weighted by atomic mass is 10.1. The largest absolute Gasteiger partial charge is 0.451 e. The summed E-state index contributed by atoms with van der Waals surface area (Å²) in [6, 6.07) is 11.5. The minimum atomic E-state index is -0.111. The number of carbonyl (C=O) groups excluding carboxylic acids is 1. The zero-order chi connectivity index (χ0) is 15.1. The van der Waals surface area contributed by atoms with Crippen LogP contribution < -0.4 is 0 Å². The van der Waals surface area contributed by atoms with E-state index in [1.165, 1.54) is 6.20 Å². The van der Waals surface area contributed by atoms with E-state index in [9.17, 15) is 4.79 Å². The smallest absolute Gasteiger partial charge is 0.289 e. The van der Waals surface area contributed by atoms with Gasteiger partial charge in [-0.3, -0.25) is 9.48 Å². The molecule has 1 aliphatic rings. The molecule has 3 heterocycles. The molecule has 0 unspecified atom stereocenters. The van der Waals surface area contributed by atoms with Crippen LogP contribution in [0.5, 0.6) is 0 Å². The van der Waals surface area contributed by atoms with Gasteiger partial charge in [0.15, 0.2) is 5.76 Å². The molecule has 0 saturated carbocycles. The molecule has 2 aromatic heterocycles. The van der Waals surface area contributed by atoms with Gasteiger partial charge in [0.05, 0.1) is 17.8 Å². The number of benzene rings is 1. The van der Waals surface area contributed by atoms with Crippen molar-refractivity contribution in [2.75, 3.05) is 13.1 Å². The summed E-state index contributed by atoms with van der Waals surface area (Å²) in [7, 11) is 0. The lowest BCUT2D eigenvalue weighted by molar-refractivity contribution is 0.0472. The molecule has 0 radical (unpaired) electrons. The predicted octanol–water partition coefficient (Wildman–Crippen LogP) is 2.20. The number of hydrogen-bond acceptors (Lipinski definition) is 4. The summed E-state index contributed by atoms with van der Waals surface area (Å²) < 4.78 is 7.33. The number of para-hydroxylation sites is 1. The number of nitriles is 1. The molecule has 6 nitrogen and oxygen atoms in total. The molecule has 1 aliphatic heterocycles. The summed E-state index contributed by atoms with van der Waals surface area (Å²) in [4.78, 5) is 14.1. The zero-order valence-corrected chi connectivity index (χ0v) is 11.6. The Hall–Kier alpha value is -3.07. The quantitative estimate of drug-likeness (QED) is 0.725. The maximum Gasteiger partial charge on any atom is 0.289 e. The zero-order valence-electron chi connectivity index (χ0n) is 11.6. The fourth-order valence-electron chi connectivity index (χ4n) is 2.63. The first-order valence-electron chi connectivity index (χ1n) is 6.97. The summed E-state index contributed by atoms with van der Waals surface area (Å²) in [5.74, 6) is 0.248. The fourth-order valence-corrected chi connectivity index (χ4v) is 2.63. The van der Waals surface area contributed by atoms with E-state index in [1.54, 1.807) is 21.8 Å². The number of likely N-dealkylation sites (tertiary alicyclic amines) is 1. The van der Waals surface area contributed by atoms with Gasteiger partial charge in [-0.2, -0.15) is 10.4 Å². The Morgan fingerprint density at radius 3 is 2.91 bits per heavy atom. The van der Waals surface area contributed by atoms with Gasteiger partial charge in [-0.05, 0) is 12.1 Å². The highest BCUT2D eigenvalue weighted by Crippen LogP contribution is 2.25. The SMILES string of the molecule is N#Cc1cnn(C2CN(C(=O)c3cc4ccccc4o3)C2)c1. The summed E-state index contributed by atoms with van der Waals surface area (Å²) in [5.41, 5.74) is 1.25. The van der Waals surface area contributed by atoms with Crippen LogP contribution in [0, 0.1) is 11.3 Å². The van der Waals surface area contributed by atoms with Crippen molar-refractivity contribution < 1.29 is 9.21 Å². The number of nitrogens with zero attached hydrogens (tertiary/aromatic N) is 4. The number of carbonyl (C=O) groups is 1. The Morgan fingerprint density at radius 1 is 1.36 bits per heavy atom. The minimum absolute atomic E-state index is 0.111. The average Bonchev–Trinajstić information content (AvgIpc) is 3.12. The van der Waals surface area contributed by atoms with Crippen molar-refractivity contribution >= 4 is 16.9 Å². The minimum Gasteiger partial charge on any atom is -0.451 e. The maximum atomic E-state index is 12.4. The highest BCUT2D eigenvalue weighted by molar-refractivity contribution is 5.96. The molecule has 22 heavy (non-hydrogen) atoms. The molecule has 4 rings (SSSR count). The molecule has 0 bridgehead atoms. The number of fused-ring (bicyclic) bond motifs is 1. The maximum absolute atomic E-state index is 12.4. The average molecular weight is 292 g/mol. The molecular weight excluding hydrogens is 280 g/mol. The molecule has 1 fully saturated rings. The van der Waals surface area contributed by atoms with Crippen LogP contribution >= 0.6 is 0 Å². The van der Waals surface area contributed by atoms with E-state index in [1.807, 2.05) is 30.3 Å². The van der Waals surface area contributed by atoms with Gasteiger partial charge in [0.25, 0.3) is 5.91 Å². The second-order valence-electron chi connectivity index (χ2n) is 5.33. The number of hydrogen-bond donors (Lipinski definition) is 0. The van der Waals surface area contributed by atoms with Gasteiger partial charge in [-0.15, -0.1) is 0 Å². The monoisotopic (exact) mass is 292 g/mol. The molecule has 1 aromatic carbocycles. The Balaban J connectivity index is 1.48. The molecule has 3 aromatic rings. The van der Waals surface area contributed by atoms with E-state index < -0.39 is 0 Å². The van der Waals surface area contributed by atoms with Gasteiger partial charge in [-0.1, -0.05) is 18.2 Å². The third-order valence-electron chi connectivity index (χ3n) is 3.89. The third kappa shape index (κ3) is 1.95. The van der Waals surface area contributed by atoms with Crippen LogP contribution in [0.15, 0.2) is 47.1 Å². The molecule has 1 saturated heterocycles. The second-order valence-corrected chi connectivity index (χ2v) is 5.33. The van der Waals surface area contributed by atoms with E-state index in [0.29, 0.717) is 30.0 Å². The lowest BCUT2D eigenvalue weighted by Gasteiger charge is -2.38. The molecule has 0 N–H and O–H groups in total. The van der Waals surface area contributed by atoms with Crippen LogP contribution in [0.1, 0.15) is 22.2 Å². The normalized spacial score (nSPS) is 14.8. The van der Waals surface area contributed by atoms with Gasteiger partial charge in [0, 0.05) is 24.7 Å². The first kappa shape index (κ1) is 12.7. The van der Waals surface area contributed by atoms with E-state index in [0.717, 1.165) is 5.39 Å². The van der Waals surface area contributed by atoms with Crippen LogP contribution in [0.4, 0.5) is 0 Å². The molecule has 108 valence electrons. The van der Waals surface area contributed by atoms with Gasteiger partial charge in [0.1, 0.15) is 11.7 Å². The Morgan fingerprint density at radius 2 is 2.18 bits per heavy atom. The molecule has 6 heteroatoms. The Bertz CT molecular complexity index is 863. The van der Waals surface area contributed by atoms with Crippen molar-refractivity contribution in [3.63, 3.8) is 0 Å². The van der Waals surface area contributed by atoms with E-state index in [-0.39, 0.29) is 11.9 Å². The van der Waals surface area contributed by atoms with Gasteiger partial charge < -0.3 is 9.32 Å². The number of amides is 1. The van der Waals surface area contributed by atoms with Crippen molar-refractivity contribution in [2.45, 2.75) is 6.04 Å². The number of rotatable bonds is 2. The Kier molecular flexibility index (Phi) is 2.73. The molecule has 1 amide bonds. The first-order chi connectivity index (χ1) is 10.7. The van der Waals surface area contributed by atoms with E-state index in [4.69, 9.17) is 9.68 Å². The molecule has 0 aliphatic carbocycles. The van der Waals surface area contributed by atoms with Crippen LogP contribution in [-0.4, -0.2) is 33.7 Å². The highest BCUT2D eigenvalue weighted by atomic mass is 16.3. The molecule has 0 spiro atoms. The third-order valence-corrected chi connectivity index (χ3v) is 3.89. The van der Waals surface area contributed by atoms with Crippen LogP contribution in [-0.2, 0) is 0 Å².